The van der Waals surface area contributed by atoms with E-state index >= 15 is 0 Å². The third kappa shape index (κ3) is 5.45. The number of fused-ring (bicyclic) bond motifs is 1. The predicted octanol–water partition coefficient (Wildman–Crippen LogP) is 6.20. The van der Waals surface area contributed by atoms with E-state index in [1.807, 2.05) is 76.3 Å². The molecule has 1 saturated carbocycles. The summed E-state index contributed by atoms with van der Waals surface area (Å²) in [4.78, 5) is 29.0. The molecule has 212 valence electrons. The first-order valence-electron chi connectivity index (χ1n) is 14.6. The first kappa shape index (κ1) is 27.1. The van der Waals surface area contributed by atoms with Crippen LogP contribution in [0.3, 0.4) is 0 Å². The van der Waals surface area contributed by atoms with Crippen molar-refractivity contribution in [1.82, 2.24) is 14.7 Å². The summed E-state index contributed by atoms with van der Waals surface area (Å²) in [5, 5.41) is 4.89. The fraction of sp³-hybridized carbons (Fsp3) is 0.382. The van der Waals surface area contributed by atoms with Crippen LogP contribution in [0.2, 0.25) is 0 Å². The number of nitrogens with zero attached hydrogens (tertiary/aromatic N) is 3. The Bertz CT molecular complexity index is 1500. The van der Waals surface area contributed by atoms with Gasteiger partial charge in [0.2, 0.25) is 0 Å². The van der Waals surface area contributed by atoms with Crippen molar-refractivity contribution in [1.29, 1.82) is 0 Å². The molecule has 1 amide bonds. The molecule has 3 aliphatic rings. The number of allylic oxidation sites excluding steroid dienone is 3. The van der Waals surface area contributed by atoms with Crippen LogP contribution in [0.4, 0.5) is 0 Å². The molecular formula is C34H37N3O4. The van der Waals surface area contributed by atoms with E-state index in [0.29, 0.717) is 42.6 Å². The van der Waals surface area contributed by atoms with Crippen LogP contribution in [0.25, 0.3) is 5.70 Å². The van der Waals surface area contributed by atoms with E-state index in [9.17, 15) is 9.59 Å². The summed E-state index contributed by atoms with van der Waals surface area (Å²) in [6, 6.07) is 17.4. The molecule has 1 unspecified atom stereocenters. The molecule has 1 saturated heterocycles. The van der Waals surface area contributed by atoms with Crippen LogP contribution in [0.15, 0.2) is 72.8 Å². The van der Waals surface area contributed by atoms with E-state index in [0.717, 1.165) is 61.0 Å². The summed E-state index contributed by atoms with van der Waals surface area (Å²) < 4.78 is 12.9. The fourth-order valence-corrected chi connectivity index (χ4v) is 6.45. The number of likely N-dealkylation sites (tertiary alicyclic amines) is 1. The topological polar surface area (TPSA) is 73.7 Å². The van der Waals surface area contributed by atoms with Crippen LogP contribution in [0.5, 0.6) is 11.5 Å². The van der Waals surface area contributed by atoms with Gasteiger partial charge in [0.05, 0.1) is 19.9 Å². The molecule has 7 nitrogen and oxygen atoms in total. The van der Waals surface area contributed by atoms with Gasteiger partial charge in [-0.2, -0.15) is 5.10 Å². The minimum atomic E-state index is -0.0230. The van der Waals surface area contributed by atoms with E-state index in [1.54, 1.807) is 14.2 Å². The van der Waals surface area contributed by atoms with Gasteiger partial charge in [-0.25, -0.2) is 4.68 Å². The molecule has 0 bridgehead atoms. The second-order valence-corrected chi connectivity index (χ2v) is 11.4. The lowest BCUT2D eigenvalue weighted by Gasteiger charge is -2.28. The van der Waals surface area contributed by atoms with Crippen LogP contribution in [0, 0.1) is 11.3 Å². The van der Waals surface area contributed by atoms with Crippen molar-refractivity contribution >= 4 is 17.4 Å². The summed E-state index contributed by atoms with van der Waals surface area (Å²) in [6.45, 7) is 1.39. The van der Waals surface area contributed by atoms with Crippen LogP contribution in [-0.2, 0) is 6.42 Å². The summed E-state index contributed by atoms with van der Waals surface area (Å²) in [5.41, 5.74) is 4.10. The van der Waals surface area contributed by atoms with Gasteiger partial charge in [0, 0.05) is 36.3 Å². The zero-order chi connectivity index (χ0) is 28.4. The van der Waals surface area contributed by atoms with Crippen molar-refractivity contribution in [2.45, 2.75) is 44.9 Å². The Labute approximate surface area is 241 Å². The number of rotatable bonds is 7. The molecule has 1 atom stereocenters. The predicted molar refractivity (Wildman–Crippen MR) is 158 cm³/mol. The normalized spacial score (nSPS) is 21.5. The number of hydrogen-bond donors (Lipinski definition) is 0. The van der Waals surface area contributed by atoms with Gasteiger partial charge in [-0.05, 0) is 80.2 Å². The number of hydrogen-bond acceptors (Lipinski definition) is 5. The minimum Gasteiger partial charge on any atom is -0.493 e. The average molecular weight is 552 g/mol. The molecule has 7 heteroatoms. The number of amides is 1. The van der Waals surface area contributed by atoms with Crippen molar-refractivity contribution in [2.75, 3.05) is 27.3 Å². The molecule has 0 radical (unpaired) electrons. The number of ketones is 1. The average Bonchev–Trinajstić information content (AvgIpc) is 3.71. The lowest BCUT2D eigenvalue weighted by molar-refractivity contribution is 0.0711. The first-order chi connectivity index (χ1) is 20.0. The molecule has 41 heavy (non-hydrogen) atoms. The van der Waals surface area contributed by atoms with Gasteiger partial charge < -0.3 is 14.4 Å². The molecule has 0 N–H and O–H groups in total. The van der Waals surface area contributed by atoms with Crippen LogP contribution in [-0.4, -0.2) is 53.7 Å². The van der Waals surface area contributed by atoms with Crippen molar-refractivity contribution in [3.05, 3.63) is 95.3 Å². The SMILES string of the molecule is COc1ccc(/C2=C/C=C\CCc3cc(C(=O)N4CCCC(CC(=O)c5ccccc5)C5(CC5)C4)nn32)cc1OC. The Hall–Kier alpha value is -4.13. The zero-order valence-corrected chi connectivity index (χ0v) is 23.8. The van der Waals surface area contributed by atoms with Gasteiger partial charge in [-0.15, -0.1) is 0 Å². The molecule has 2 aromatic carbocycles. The number of carbonyl (C=O) groups excluding carboxylic acids is 2. The lowest BCUT2D eigenvalue weighted by atomic mass is 9.81. The highest BCUT2D eigenvalue weighted by Crippen LogP contribution is 2.56. The molecular weight excluding hydrogens is 514 g/mol. The molecule has 1 aromatic heterocycles. The third-order valence-electron chi connectivity index (χ3n) is 8.93. The Morgan fingerprint density at radius 3 is 2.59 bits per heavy atom. The van der Waals surface area contributed by atoms with Crippen molar-refractivity contribution in [2.24, 2.45) is 11.3 Å². The fourth-order valence-electron chi connectivity index (χ4n) is 6.45. The smallest absolute Gasteiger partial charge is 0.274 e. The number of benzene rings is 2. The number of methoxy groups -OCH3 is 2. The van der Waals surface area contributed by atoms with E-state index in [1.165, 1.54) is 0 Å². The summed E-state index contributed by atoms with van der Waals surface area (Å²) in [6.07, 6.45) is 12.4. The Kier molecular flexibility index (Phi) is 7.52. The Balaban J connectivity index is 1.24. The van der Waals surface area contributed by atoms with Crippen LogP contribution in [0.1, 0.15) is 70.6 Å². The third-order valence-corrected chi connectivity index (χ3v) is 8.93. The summed E-state index contributed by atoms with van der Waals surface area (Å²) in [5.74, 6) is 1.79. The van der Waals surface area contributed by atoms with Crippen molar-refractivity contribution < 1.29 is 19.1 Å². The Morgan fingerprint density at radius 1 is 1.02 bits per heavy atom. The zero-order valence-electron chi connectivity index (χ0n) is 23.8. The standard InChI is InChI=1S/C34H37N3O4/c1-40-31-16-15-25(20-32(31)41-2)29-14-8-4-7-13-27-22-28(35-37(27)29)33(39)36-19-9-12-26(34(23-36)17-18-34)21-30(38)24-10-5-3-6-11-24/h3-6,8,10-11,14-16,20,22,26H,7,9,12-13,17-19,21,23H2,1-2H3/b8-4-,29-14-. The number of carbonyl (C=O) groups is 2. The molecule has 2 fully saturated rings. The highest BCUT2D eigenvalue weighted by molar-refractivity contribution is 5.96. The van der Waals surface area contributed by atoms with Gasteiger partial charge >= 0.3 is 0 Å². The van der Waals surface area contributed by atoms with Gasteiger partial charge in [-0.1, -0.05) is 42.5 Å². The van der Waals surface area contributed by atoms with Crippen molar-refractivity contribution in [3.8, 4) is 11.5 Å². The highest BCUT2D eigenvalue weighted by Gasteiger charge is 2.52. The van der Waals surface area contributed by atoms with Gasteiger partial charge in [0.1, 0.15) is 0 Å². The maximum absolute atomic E-state index is 13.9. The second-order valence-electron chi connectivity index (χ2n) is 11.4. The number of aromatic nitrogens is 2. The van der Waals surface area contributed by atoms with Gasteiger partial charge in [0.25, 0.3) is 5.91 Å². The second kappa shape index (κ2) is 11.4. The van der Waals surface area contributed by atoms with E-state index < -0.39 is 0 Å². The van der Waals surface area contributed by atoms with Gasteiger partial charge in [0.15, 0.2) is 23.0 Å². The largest absolute Gasteiger partial charge is 0.493 e. The summed E-state index contributed by atoms with van der Waals surface area (Å²) in [7, 11) is 3.25. The van der Waals surface area contributed by atoms with E-state index in [2.05, 4.69) is 6.08 Å². The molecule has 3 aromatic rings. The number of ether oxygens (including phenoxy) is 2. The highest BCUT2D eigenvalue weighted by atomic mass is 16.5. The van der Waals surface area contributed by atoms with Gasteiger partial charge in [-0.3, -0.25) is 9.59 Å². The lowest BCUT2D eigenvalue weighted by Crippen LogP contribution is -2.37. The first-order valence-corrected chi connectivity index (χ1v) is 14.6. The number of aryl methyl sites for hydroxylation is 1. The summed E-state index contributed by atoms with van der Waals surface area (Å²) >= 11 is 0. The minimum absolute atomic E-state index is 0.0230. The molecule has 1 aliphatic carbocycles. The number of Topliss-reactive ketones (excluding diaryl/α,β-unsaturated/α-hetero) is 1. The van der Waals surface area contributed by atoms with Crippen LogP contribution < -0.4 is 9.47 Å². The van der Waals surface area contributed by atoms with Crippen LogP contribution >= 0.6 is 0 Å². The maximum Gasteiger partial charge on any atom is 0.274 e. The molecule has 3 heterocycles. The van der Waals surface area contributed by atoms with E-state index in [-0.39, 0.29) is 17.1 Å². The molecule has 1 spiro atoms. The monoisotopic (exact) mass is 551 g/mol. The van der Waals surface area contributed by atoms with E-state index in [4.69, 9.17) is 14.6 Å². The molecule has 6 rings (SSSR count). The quantitative estimate of drug-likeness (QED) is 0.327. The maximum atomic E-state index is 13.9. The molecule has 2 aliphatic heterocycles. The van der Waals surface area contributed by atoms with Crippen molar-refractivity contribution in [3.63, 3.8) is 0 Å². The Morgan fingerprint density at radius 2 is 1.83 bits per heavy atom.